The number of hydrogen-bond acceptors (Lipinski definition) is 2. The molecule has 1 aromatic carbocycles. The van der Waals surface area contributed by atoms with Crippen LogP contribution in [-0.4, -0.2) is 23.9 Å². The molecule has 0 spiro atoms. The van der Waals surface area contributed by atoms with Gasteiger partial charge in [0, 0.05) is 29.6 Å². The lowest BCUT2D eigenvalue weighted by atomic mass is 9.70. The van der Waals surface area contributed by atoms with E-state index in [1.165, 1.54) is 6.08 Å². The second-order valence-electron chi connectivity index (χ2n) is 7.08. The molecule has 25 heavy (non-hydrogen) atoms. The van der Waals surface area contributed by atoms with Crippen LogP contribution < -0.4 is 10.6 Å². The lowest BCUT2D eigenvalue weighted by Crippen LogP contribution is -2.55. The van der Waals surface area contributed by atoms with Gasteiger partial charge in [-0.3, -0.25) is 9.59 Å². The highest BCUT2D eigenvalue weighted by atomic mass is 35.5. The van der Waals surface area contributed by atoms with Crippen molar-refractivity contribution in [2.75, 3.05) is 0 Å². The summed E-state index contributed by atoms with van der Waals surface area (Å²) in [4.78, 5) is 24.1. The van der Waals surface area contributed by atoms with E-state index in [0.717, 1.165) is 31.2 Å². The third-order valence-corrected chi connectivity index (χ3v) is 5.84. The quantitative estimate of drug-likeness (QED) is 0.807. The van der Waals surface area contributed by atoms with E-state index in [0.29, 0.717) is 23.3 Å². The van der Waals surface area contributed by atoms with E-state index >= 15 is 0 Å². The zero-order valence-electron chi connectivity index (χ0n) is 14.5. The van der Waals surface area contributed by atoms with Crippen molar-refractivity contribution in [3.8, 4) is 0 Å². The molecule has 2 aliphatic rings. The molecule has 2 fully saturated rings. The second-order valence-corrected chi connectivity index (χ2v) is 7.49. The number of amides is 2. The minimum atomic E-state index is -0.113. The highest BCUT2D eigenvalue weighted by Crippen LogP contribution is 2.36. The first kappa shape index (κ1) is 18.0. The van der Waals surface area contributed by atoms with Gasteiger partial charge in [-0.15, -0.1) is 0 Å². The summed E-state index contributed by atoms with van der Waals surface area (Å²) >= 11 is 6.09. The summed E-state index contributed by atoms with van der Waals surface area (Å²) in [6, 6.07) is 7.73. The lowest BCUT2D eigenvalue weighted by molar-refractivity contribution is -0.127. The van der Waals surface area contributed by atoms with Crippen LogP contribution in [0.2, 0.25) is 5.02 Å². The van der Waals surface area contributed by atoms with Crippen molar-refractivity contribution < 1.29 is 9.59 Å². The van der Waals surface area contributed by atoms with Crippen LogP contribution in [0.4, 0.5) is 0 Å². The maximum atomic E-state index is 12.2. The van der Waals surface area contributed by atoms with Gasteiger partial charge in [-0.05, 0) is 48.8 Å². The lowest BCUT2D eigenvalue weighted by Gasteiger charge is -2.43. The molecule has 4 unspecified atom stereocenters. The van der Waals surface area contributed by atoms with Gasteiger partial charge in [-0.25, -0.2) is 0 Å². The average Bonchev–Trinajstić information content (AvgIpc) is 2.60. The summed E-state index contributed by atoms with van der Waals surface area (Å²) in [5.41, 5.74) is 0.827. The van der Waals surface area contributed by atoms with E-state index in [2.05, 4.69) is 17.6 Å². The Kier molecular flexibility index (Phi) is 5.79. The van der Waals surface area contributed by atoms with Crippen LogP contribution in [0.3, 0.4) is 0 Å². The number of carbonyl (C=O) groups is 2. The zero-order chi connectivity index (χ0) is 17.8. The number of halogens is 1. The maximum Gasteiger partial charge on any atom is 0.244 e. The number of nitrogens with one attached hydrogen (secondary N) is 2. The molecule has 0 aromatic heterocycles. The second kappa shape index (κ2) is 8.05. The first-order chi connectivity index (χ1) is 12.1. The van der Waals surface area contributed by atoms with Crippen LogP contribution in [0.5, 0.6) is 0 Å². The number of fused-ring (bicyclic) bond motifs is 1. The van der Waals surface area contributed by atoms with E-state index in [-0.39, 0.29) is 23.9 Å². The first-order valence-corrected chi connectivity index (χ1v) is 9.47. The van der Waals surface area contributed by atoms with E-state index < -0.39 is 0 Å². The molecule has 1 aliphatic heterocycles. The summed E-state index contributed by atoms with van der Waals surface area (Å²) in [6.45, 7) is 2.16. The average molecular weight is 361 g/mol. The number of benzene rings is 1. The van der Waals surface area contributed by atoms with Crippen LogP contribution in [0, 0.1) is 11.8 Å². The molecular formula is C20H25ClN2O2. The van der Waals surface area contributed by atoms with Crippen molar-refractivity contribution in [2.24, 2.45) is 11.8 Å². The SMILES string of the molecule is CCC1CC(=O)NC2CC(NC(=O)/C=C/c3ccccc3Cl)CCC12. The van der Waals surface area contributed by atoms with E-state index in [9.17, 15) is 9.59 Å². The fraction of sp³-hybridized carbons (Fsp3) is 0.500. The molecule has 1 aromatic rings. The fourth-order valence-electron chi connectivity index (χ4n) is 4.18. The molecule has 4 nitrogen and oxygen atoms in total. The highest BCUT2D eigenvalue weighted by Gasteiger charge is 2.39. The summed E-state index contributed by atoms with van der Waals surface area (Å²) < 4.78 is 0. The van der Waals surface area contributed by atoms with Gasteiger partial charge >= 0.3 is 0 Å². The highest BCUT2D eigenvalue weighted by molar-refractivity contribution is 6.32. The van der Waals surface area contributed by atoms with Crippen LogP contribution in [-0.2, 0) is 9.59 Å². The summed E-state index contributed by atoms with van der Waals surface area (Å²) in [5, 5.41) is 6.82. The topological polar surface area (TPSA) is 58.2 Å². The van der Waals surface area contributed by atoms with Crippen molar-refractivity contribution in [1.82, 2.24) is 10.6 Å². The van der Waals surface area contributed by atoms with Gasteiger partial charge in [-0.1, -0.05) is 43.1 Å². The Hall–Kier alpha value is -1.81. The normalized spacial score (nSPS) is 29.1. The Balaban J connectivity index is 1.56. The molecule has 4 atom stereocenters. The monoisotopic (exact) mass is 360 g/mol. The summed E-state index contributed by atoms with van der Waals surface area (Å²) in [7, 11) is 0. The molecule has 3 rings (SSSR count). The van der Waals surface area contributed by atoms with Gasteiger partial charge in [0.25, 0.3) is 0 Å². The third-order valence-electron chi connectivity index (χ3n) is 5.49. The first-order valence-electron chi connectivity index (χ1n) is 9.09. The Bertz CT molecular complexity index is 673. The van der Waals surface area contributed by atoms with E-state index in [1.54, 1.807) is 12.1 Å². The van der Waals surface area contributed by atoms with Crippen molar-refractivity contribution in [3.63, 3.8) is 0 Å². The molecule has 1 heterocycles. The van der Waals surface area contributed by atoms with Gasteiger partial charge in [0.1, 0.15) is 0 Å². The maximum absolute atomic E-state index is 12.2. The van der Waals surface area contributed by atoms with Gasteiger partial charge in [0.05, 0.1) is 0 Å². The minimum absolute atomic E-state index is 0.112. The van der Waals surface area contributed by atoms with Crippen LogP contribution in [0.1, 0.15) is 44.6 Å². The third kappa shape index (κ3) is 4.43. The molecule has 2 amide bonds. The number of carbonyl (C=O) groups excluding carboxylic acids is 2. The van der Waals surface area contributed by atoms with Crippen LogP contribution in [0.15, 0.2) is 30.3 Å². The van der Waals surface area contributed by atoms with Gasteiger partial charge in [0.2, 0.25) is 11.8 Å². The largest absolute Gasteiger partial charge is 0.353 e. The van der Waals surface area contributed by atoms with Crippen molar-refractivity contribution in [3.05, 3.63) is 40.9 Å². The molecule has 1 saturated carbocycles. The molecule has 1 aliphatic carbocycles. The van der Waals surface area contributed by atoms with Gasteiger partial charge < -0.3 is 10.6 Å². The minimum Gasteiger partial charge on any atom is -0.353 e. The summed E-state index contributed by atoms with van der Waals surface area (Å²) in [5.74, 6) is 1.07. The Labute approximate surface area is 154 Å². The summed E-state index contributed by atoms with van der Waals surface area (Å²) in [6.07, 6.45) is 7.81. The molecule has 1 saturated heterocycles. The molecule has 134 valence electrons. The Morgan fingerprint density at radius 2 is 2.16 bits per heavy atom. The van der Waals surface area contributed by atoms with Crippen molar-refractivity contribution >= 4 is 29.5 Å². The zero-order valence-corrected chi connectivity index (χ0v) is 15.3. The predicted molar refractivity (Wildman–Crippen MR) is 100 cm³/mol. The predicted octanol–water partition coefficient (Wildman–Crippen LogP) is 3.55. The van der Waals surface area contributed by atoms with Gasteiger partial charge in [0.15, 0.2) is 0 Å². The van der Waals surface area contributed by atoms with Crippen LogP contribution in [0.25, 0.3) is 6.08 Å². The van der Waals surface area contributed by atoms with E-state index in [4.69, 9.17) is 11.6 Å². The van der Waals surface area contributed by atoms with E-state index in [1.807, 2.05) is 18.2 Å². The molecule has 0 bridgehead atoms. The smallest absolute Gasteiger partial charge is 0.244 e. The fourth-order valence-corrected chi connectivity index (χ4v) is 4.38. The number of rotatable bonds is 4. The molecule has 0 radical (unpaired) electrons. The van der Waals surface area contributed by atoms with Crippen LogP contribution >= 0.6 is 11.6 Å². The Morgan fingerprint density at radius 1 is 1.36 bits per heavy atom. The molecule has 5 heteroatoms. The van der Waals surface area contributed by atoms with Gasteiger partial charge in [-0.2, -0.15) is 0 Å². The number of hydrogen-bond donors (Lipinski definition) is 2. The molecule has 2 N–H and O–H groups in total. The van der Waals surface area contributed by atoms with Crippen molar-refractivity contribution in [1.29, 1.82) is 0 Å². The standard InChI is InChI=1S/C20H25ClN2O2/c1-2-13-11-20(25)23-18-12-15(8-9-16(13)18)22-19(24)10-7-14-5-3-4-6-17(14)21/h3-7,10,13,15-16,18H,2,8-9,11-12H2,1H3,(H,22,24)(H,23,25)/b10-7+. The van der Waals surface area contributed by atoms with Crippen molar-refractivity contribution in [2.45, 2.75) is 51.1 Å². The Morgan fingerprint density at radius 3 is 2.92 bits per heavy atom. The number of piperidine rings is 1. The molecular weight excluding hydrogens is 336 g/mol.